The van der Waals surface area contributed by atoms with Gasteiger partial charge in [-0.05, 0) is 6.92 Å². The van der Waals surface area contributed by atoms with Crippen molar-refractivity contribution >= 4 is 11.8 Å². The zero-order valence-electron chi connectivity index (χ0n) is 14.1. The van der Waals surface area contributed by atoms with E-state index in [2.05, 4.69) is 30.1 Å². The van der Waals surface area contributed by atoms with E-state index in [-0.39, 0.29) is 0 Å². The van der Waals surface area contributed by atoms with Crippen molar-refractivity contribution < 1.29 is 0 Å². The summed E-state index contributed by atoms with van der Waals surface area (Å²) < 4.78 is 1.87. The minimum Gasteiger partial charge on any atom is -0.363 e. The molecule has 1 saturated heterocycles. The predicted molar refractivity (Wildman–Crippen MR) is 89.8 cm³/mol. The maximum atomic E-state index is 4.67. The number of nitrogens with zero attached hydrogens (tertiary/aromatic N) is 8. The fourth-order valence-corrected chi connectivity index (χ4v) is 2.67. The molecule has 124 valence electrons. The number of anilines is 2. The molecule has 0 saturated carbocycles. The second-order valence-corrected chi connectivity index (χ2v) is 6.06. The van der Waals surface area contributed by atoms with Gasteiger partial charge in [0.15, 0.2) is 0 Å². The van der Waals surface area contributed by atoms with Crippen LogP contribution in [0.5, 0.6) is 0 Å². The lowest BCUT2D eigenvalue weighted by atomic mass is 10.3. The Morgan fingerprint density at radius 1 is 1.09 bits per heavy atom. The van der Waals surface area contributed by atoms with Crippen LogP contribution in [0.15, 0.2) is 18.5 Å². The van der Waals surface area contributed by atoms with Crippen LogP contribution in [0, 0.1) is 6.92 Å². The molecular formula is C15H24N8. The first-order valence-electron chi connectivity index (χ1n) is 7.96. The van der Waals surface area contributed by atoms with E-state index in [4.69, 9.17) is 0 Å². The van der Waals surface area contributed by atoms with Crippen LogP contribution < -0.4 is 9.80 Å². The molecule has 1 aliphatic rings. The van der Waals surface area contributed by atoms with Crippen molar-refractivity contribution in [1.29, 1.82) is 0 Å². The van der Waals surface area contributed by atoms with Crippen molar-refractivity contribution in [2.75, 3.05) is 56.6 Å². The lowest BCUT2D eigenvalue weighted by Crippen LogP contribution is -2.48. The second-order valence-electron chi connectivity index (χ2n) is 6.06. The Labute approximate surface area is 136 Å². The summed E-state index contributed by atoms with van der Waals surface area (Å²) in [7, 11) is 4.02. The van der Waals surface area contributed by atoms with Crippen LogP contribution in [0.25, 0.3) is 0 Å². The molecule has 0 N–H and O–H groups in total. The predicted octanol–water partition coefficient (Wildman–Crippen LogP) is 0.265. The highest BCUT2D eigenvalue weighted by molar-refractivity contribution is 5.45. The number of rotatable bonds is 5. The van der Waals surface area contributed by atoms with Crippen molar-refractivity contribution in [2.45, 2.75) is 13.5 Å². The molecule has 8 heteroatoms. The van der Waals surface area contributed by atoms with Gasteiger partial charge in [-0.3, -0.25) is 9.58 Å². The normalized spacial score (nSPS) is 15.9. The molecule has 3 rings (SSSR count). The molecule has 0 atom stereocenters. The monoisotopic (exact) mass is 316 g/mol. The third-order valence-corrected chi connectivity index (χ3v) is 4.06. The van der Waals surface area contributed by atoms with Crippen LogP contribution in [0.1, 0.15) is 5.69 Å². The van der Waals surface area contributed by atoms with Gasteiger partial charge in [0.05, 0.1) is 12.7 Å². The highest BCUT2D eigenvalue weighted by Gasteiger charge is 2.19. The molecule has 0 bridgehead atoms. The molecule has 8 nitrogen and oxygen atoms in total. The summed E-state index contributed by atoms with van der Waals surface area (Å²) in [5, 5.41) is 7.84. The summed E-state index contributed by atoms with van der Waals surface area (Å²) >= 11 is 0. The topological polar surface area (TPSA) is 66.2 Å². The van der Waals surface area contributed by atoms with E-state index >= 15 is 0 Å². The average Bonchev–Trinajstić information content (AvgIpc) is 3.06. The Hall–Kier alpha value is -2.22. The second kappa shape index (κ2) is 6.91. The molecule has 3 heterocycles. The van der Waals surface area contributed by atoms with E-state index in [9.17, 15) is 0 Å². The minimum absolute atomic E-state index is 0.838. The maximum absolute atomic E-state index is 4.67. The number of hydrogen-bond donors (Lipinski definition) is 0. The van der Waals surface area contributed by atoms with Gasteiger partial charge in [-0.25, -0.2) is 4.98 Å². The summed E-state index contributed by atoms with van der Waals surface area (Å²) in [5.74, 6) is 1.80. The molecule has 0 radical (unpaired) electrons. The van der Waals surface area contributed by atoms with Crippen molar-refractivity contribution in [3.05, 3.63) is 24.2 Å². The minimum atomic E-state index is 0.838. The maximum Gasteiger partial charge on any atom is 0.227 e. The number of aromatic nitrogens is 5. The standard InChI is InChI=1S/C15H24N8/c1-13-12-14(20(2)3)18-15(17-13)22-9-6-21(7-10-22)8-11-23-5-4-16-19-23/h4-5,12H,6-11H2,1-3H3. The zero-order chi connectivity index (χ0) is 16.2. The molecule has 0 aliphatic carbocycles. The Bertz CT molecular complexity index is 616. The molecule has 23 heavy (non-hydrogen) atoms. The molecule has 1 aliphatic heterocycles. The van der Waals surface area contributed by atoms with Gasteiger partial charge < -0.3 is 9.80 Å². The third-order valence-electron chi connectivity index (χ3n) is 4.06. The van der Waals surface area contributed by atoms with Crippen molar-refractivity contribution in [3.8, 4) is 0 Å². The fourth-order valence-electron chi connectivity index (χ4n) is 2.67. The zero-order valence-corrected chi connectivity index (χ0v) is 14.1. The van der Waals surface area contributed by atoms with Gasteiger partial charge >= 0.3 is 0 Å². The summed E-state index contributed by atoms with van der Waals surface area (Å²) in [4.78, 5) is 16.0. The Morgan fingerprint density at radius 2 is 1.87 bits per heavy atom. The van der Waals surface area contributed by atoms with Crippen LogP contribution in [-0.4, -0.2) is 76.7 Å². The van der Waals surface area contributed by atoms with Gasteiger partial charge in [0.2, 0.25) is 5.95 Å². The molecule has 0 unspecified atom stereocenters. The van der Waals surface area contributed by atoms with Crippen molar-refractivity contribution in [3.63, 3.8) is 0 Å². The first kappa shape index (κ1) is 15.7. The van der Waals surface area contributed by atoms with Crippen molar-refractivity contribution in [1.82, 2.24) is 29.9 Å². The summed E-state index contributed by atoms with van der Waals surface area (Å²) in [6.45, 7) is 7.83. The van der Waals surface area contributed by atoms with Crippen LogP contribution in [0.3, 0.4) is 0 Å². The van der Waals surface area contributed by atoms with Gasteiger partial charge in [0, 0.05) is 64.8 Å². The molecule has 2 aromatic heterocycles. The van der Waals surface area contributed by atoms with E-state index in [1.165, 1.54) is 0 Å². The van der Waals surface area contributed by atoms with Gasteiger partial charge in [-0.1, -0.05) is 5.21 Å². The van der Waals surface area contributed by atoms with E-state index < -0.39 is 0 Å². The lowest BCUT2D eigenvalue weighted by Gasteiger charge is -2.35. The quantitative estimate of drug-likeness (QED) is 0.784. The third kappa shape index (κ3) is 3.95. The van der Waals surface area contributed by atoms with Gasteiger partial charge in [-0.2, -0.15) is 4.98 Å². The highest BCUT2D eigenvalue weighted by Crippen LogP contribution is 2.17. The first-order valence-corrected chi connectivity index (χ1v) is 7.96. The highest BCUT2D eigenvalue weighted by atomic mass is 15.4. The van der Waals surface area contributed by atoms with Crippen LogP contribution >= 0.6 is 0 Å². The van der Waals surface area contributed by atoms with Gasteiger partial charge in [0.25, 0.3) is 0 Å². The summed E-state index contributed by atoms with van der Waals surface area (Å²) in [5.41, 5.74) is 1.01. The largest absolute Gasteiger partial charge is 0.363 e. The Balaban J connectivity index is 1.56. The molecular weight excluding hydrogens is 292 g/mol. The molecule has 0 spiro atoms. The summed E-state index contributed by atoms with van der Waals surface area (Å²) in [6, 6.07) is 2.01. The van der Waals surface area contributed by atoms with Gasteiger partial charge in [-0.15, -0.1) is 5.10 Å². The van der Waals surface area contributed by atoms with E-state index in [1.54, 1.807) is 6.20 Å². The van der Waals surface area contributed by atoms with Crippen LogP contribution in [0.2, 0.25) is 0 Å². The van der Waals surface area contributed by atoms with Crippen molar-refractivity contribution in [2.24, 2.45) is 0 Å². The Kier molecular flexibility index (Phi) is 4.71. The van der Waals surface area contributed by atoms with E-state index in [0.717, 1.165) is 56.7 Å². The van der Waals surface area contributed by atoms with Crippen LogP contribution in [0.4, 0.5) is 11.8 Å². The van der Waals surface area contributed by atoms with Gasteiger partial charge in [0.1, 0.15) is 5.82 Å². The molecule has 0 aromatic carbocycles. The van der Waals surface area contributed by atoms with E-state index in [1.807, 2.05) is 42.9 Å². The Morgan fingerprint density at radius 3 is 2.52 bits per heavy atom. The fraction of sp³-hybridized carbons (Fsp3) is 0.600. The number of hydrogen-bond acceptors (Lipinski definition) is 7. The smallest absolute Gasteiger partial charge is 0.227 e. The summed E-state index contributed by atoms with van der Waals surface area (Å²) in [6.07, 6.45) is 3.62. The average molecular weight is 316 g/mol. The molecule has 2 aromatic rings. The van der Waals surface area contributed by atoms with Crippen LogP contribution in [-0.2, 0) is 6.54 Å². The number of aryl methyl sites for hydroxylation is 1. The lowest BCUT2D eigenvalue weighted by molar-refractivity contribution is 0.242. The number of piperazine rings is 1. The molecule has 0 amide bonds. The SMILES string of the molecule is Cc1cc(N(C)C)nc(N2CCN(CCn3ccnn3)CC2)n1. The first-order chi connectivity index (χ1) is 11.1. The van der Waals surface area contributed by atoms with E-state index in [0.29, 0.717) is 0 Å². The molecule has 1 fully saturated rings.